The number of aryl methyl sites for hydroxylation is 1. The van der Waals surface area contributed by atoms with E-state index >= 15 is 0 Å². The van der Waals surface area contributed by atoms with Gasteiger partial charge in [-0.2, -0.15) is 9.67 Å². The summed E-state index contributed by atoms with van der Waals surface area (Å²) in [5.41, 5.74) is 2.22. The number of pyridine rings is 1. The Balaban J connectivity index is 1.37. The van der Waals surface area contributed by atoms with Crippen molar-refractivity contribution in [2.75, 3.05) is 11.6 Å². The molecule has 0 aliphatic carbocycles. The number of thioether (sulfide) groups is 1. The first-order valence-electron chi connectivity index (χ1n) is 8.68. The van der Waals surface area contributed by atoms with Gasteiger partial charge in [-0.3, -0.25) is 9.78 Å². The molecule has 1 amide bonds. The molecular formula is C18H16N8O2S. The SMILES string of the molecule is CSc1nnnn1-c1cccc(NC(=O)CCc2nc(-c3ccncc3)no2)c1. The van der Waals surface area contributed by atoms with Gasteiger partial charge >= 0.3 is 0 Å². The monoisotopic (exact) mass is 408 g/mol. The Kier molecular flexibility index (Phi) is 5.56. The molecule has 3 heterocycles. The third-order valence-electron chi connectivity index (χ3n) is 3.97. The molecule has 1 aromatic carbocycles. The Hall–Kier alpha value is -3.60. The van der Waals surface area contributed by atoms with Crippen LogP contribution in [0, 0.1) is 0 Å². The fourth-order valence-corrected chi connectivity index (χ4v) is 3.04. The molecule has 10 nitrogen and oxygen atoms in total. The molecule has 0 unspecified atom stereocenters. The summed E-state index contributed by atoms with van der Waals surface area (Å²) < 4.78 is 6.83. The minimum atomic E-state index is -0.160. The van der Waals surface area contributed by atoms with Crippen LogP contribution in [-0.2, 0) is 11.2 Å². The van der Waals surface area contributed by atoms with Crippen molar-refractivity contribution >= 4 is 23.4 Å². The highest BCUT2D eigenvalue weighted by Gasteiger charge is 2.12. The van der Waals surface area contributed by atoms with E-state index in [0.29, 0.717) is 29.0 Å². The lowest BCUT2D eigenvalue weighted by Crippen LogP contribution is -2.12. The molecule has 0 spiro atoms. The number of nitrogens with zero attached hydrogens (tertiary/aromatic N) is 7. The van der Waals surface area contributed by atoms with Crippen molar-refractivity contribution in [3.8, 4) is 17.1 Å². The largest absolute Gasteiger partial charge is 0.339 e. The van der Waals surface area contributed by atoms with Gasteiger partial charge in [0.25, 0.3) is 0 Å². The number of hydrogen-bond donors (Lipinski definition) is 1. The summed E-state index contributed by atoms with van der Waals surface area (Å²) in [7, 11) is 0. The number of carbonyl (C=O) groups is 1. The third kappa shape index (κ3) is 4.46. The molecule has 0 saturated heterocycles. The number of tetrazole rings is 1. The van der Waals surface area contributed by atoms with E-state index in [1.54, 1.807) is 35.3 Å². The van der Waals surface area contributed by atoms with Gasteiger partial charge in [-0.25, -0.2) is 0 Å². The first-order chi connectivity index (χ1) is 14.2. The maximum Gasteiger partial charge on any atom is 0.227 e. The van der Waals surface area contributed by atoms with Crippen LogP contribution < -0.4 is 5.32 Å². The summed E-state index contributed by atoms with van der Waals surface area (Å²) in [6.45, 7) is 0. The van der Waals surface area contributed by atoms with E-state index in [1.165, 1.54) is 11.8 Å². The first-order valence-corrected chi connectivity index (χ1v) is 9.91. The van der Waals surface area contributed by atoms with E-state index in [-0.39, 0.29) is 12.3 Å². The second-order valence-corrected chi connectivity index (χ2v) is 6.70. The summed E-state index contributed by atoms with van der Waals surface area (Å²) in [4.78, 5) is 20.6. The van der Waals surface area contributed by atoms with Gasteiger partial charge in [0.1, 0.15) is 0 Å². The van der Waals surface area contributed by atoms with Crippen molar-refractivity contribution in [1.82, 2.24) is 35.3 Å². The highest BCUT2D eigenvalue weighted by molar-refractivity contribution is 7.98. The van der Waals surface area contributed by atoms with Crippen molar-refractivity contribution in [3.63, 3.8) is 0 Å². The molecule has 0 fully saturated rings. The minimum Gasteiger partial charge on any atom is -0.339 e. The molecule has 1 N–H and O–H groups in total. The zero-order valence-electron chi connectivity index (χ0n) is 15.4. The van der Waals surface area contributed by atoms with Crippen molar-refractivity contribution < 1.29 is 9.32 Å². The van der Waals surface area contributed by atoms with Crippen molar-refractivity contribution in [1.29, 1.82) is 0 Å². The maximum absolute atomic E-state index is 12.3. The molecule has 0 bridgehead atoms. The van der Waals surface area contributed by atoms with Gasteiger partial charge in [0.05, 0.1) is 5.69 Å². The number of aromatic nitrogens is 7. The zero-order chi connectivity index (χ0) is 20.1. The average Bonchev–Trinajstić information content (AvgIpc) is 3.42. The maximum atomic E-state index is 12.3. The molecule has 0 saturated carbocycles. The van der Waals surface area contributed by atoms with Gasteiger partial charge in [0.15, 0.2) is 0 Å². The van der Waals surface area contributed by atoms with Crippen LogP contribution in [0.15, 0.2) is 58.5 Å². The molecule has 0 radical (unpaired) electrons. The number of nitrogens with one attached hydrogen (secondary N) is 1. The van der Waals surface area contributed by atoms with Gasteiger partial charge in [-0.15, -0.1) is 5.10 Å². The fraction of sp³-hybridized carbons (Fsp3) is 0.167. The van der Waals surface area contributed by atoms with Crippen LogP contribution >= 0.6 is 11.8 Å². The first kappa shape index (κ1) is 18.7. The summed E-state index contributed by atoms with van der Waals surface area (Å²) in [6.07, 6.45) is 5.76. The fourth-order valence-electron chi connectivity index (χ4n) is 2.60. The van der Waals surface area contributed by atoms with Gasteiger partial charge in [-0.1, -0.05) is 23.0 Å². The van der Waals surface area contributed by atoms with Crippen LogP contribution in [0.25, 0.3) is 17.1 Å². The summed E-state index contributed by atoms with van der Waals surface area (Å²) in [6, 6.07) is 10.9. The molecule has 0 aliphatic heterocycles. The van der Waals surface area contributed by atoms with E-state index in [0.717, 1.165) is 11.3 Å². The summed E-state index contributed by atoms with van der Waals surface area (Å²) in [5, 5.41) is 19.0. The molecule has 11 heteroatoms. The normalized spacial score (nSPS) is 10.8. The van der Waals surface area contributed by atoms with Crippen LogP contribution in [0.3, 0.4) is 0 Å². The number of amides is 1. The predicted molar refractivity (Wildman–Crippen MR) is 105 cm³/mol. The Labute approximate surface area is 169 Å². The molecule has 29 heavy (non-hydrogen) atoms. The van der Waals surface area contributed by atoms with Gasteiger partial charge in [0, 0.05) is 36.5 Å². The van der Waals surface area contributed by atoms with Crippen LogP contribution in [0.1, 0.15) is 12.3 Å². The number of benzene rings is 1. The minimum absolute atomic E-state index is 0.160. The van der Waals surface area contributed by atoms with Gasteiger partial charge in [0.2, 0.25) is 22.8 Å². The topological polar surface area (TPSA) is 125 Å². The van der Waals surface area contributed by atoms with Crippen molar-refractivity contribution in [2.45, 2.75) is 18.0 Å². The molecule has 4 rings (SSSR count). The van der Waals surface area contributed by atoms with E-state index in [4.69, 9.17) is 4.52 Å². The van der Waals surface area contributed by atoms with Gasteiger partial charge < -0.3 is 9.84 Å². The second kappa shape index (κ2) is 8.61. The third-order valence-corrected chi connectivity index (χ3v) is 4.59. The molecule has 146 valence electrons. The van der Waals surface area contributed by atoms with E-state index < -0.39 is 0 Å². The predicted octanol–water partition coefficient (Wildman–Crippen LogP) is 2.40. The number of anilines is 1. The highest BCUT2D eigenvalue weighted by Crippen LogP contribution is 2.19. The average molecular weight is 408 g/mol. The lowest BCUT2D eigenvalue weighted by atomic mass is 10.2. The van der Waals surface area contributed by atoms with Crippen LogP contribution in [0.4, 0.5) is 5.69 Å². The Morgan fingerprint density at radius 3 is 2.93 bits per heavy atom. The summed E-state index contributed by atoms with van der Waals surface area (Å²) in [5.74, 6) is 0.716. The van der Waals surface area contributed by atoms with E-state index in [9.17, 15) is 4.79 Å². The molecular weight excluding hydrogens is 392 g/mol. The molecule has 0 aliphatic rings. The second-order valence-electron chi connectivity index (χ2n) is 5.92. The number of carbonyl (C=O) groups excluding carboxylic acids is 1. The van der Waals surface area contributed by atoms with Crippen LogP contribution in [-0.4, -0.2) is 47.5 Å². The number of hydrogen-bond acceptors (Lipinski definition) is 9. The van der Waals surface area contributed by atoms with E-state index in [2.05, 4.69) is 36.0 Å². The lowest BCUT2D eigenvalue weighted by Gasteiger charge is -2.07. The Bertz CT molecular complexity index is 1110. The smallest absolute Gasteiger partial charge is 0.227 e. The van der Waals surface area contributed by atoms with Crippen LogP contribution in [0.2, 0.25) is 0 Å². The lowest BCUT2D eigenvalue weighted by molar-refractivity contribution is -0.116. The Morgan fingerprint density at radius 2 is 2.10 bits per heavy atom. The Morgan fingerprint density at radius 1 is 1.24 bits per heavy atom. The summed E-state index contributed by atoms with van der Waals surface area (Å²) >= 11 is 1.44. The highest BCUT2D eigenvalue weighted by atomic mass is 32.2. The quantitative estimate of drug-likeness (QED) is 0.459. The molecule has 4 aromatic rings. The molecule has 0 atom stereocenters. The zero-order valence-corrected chi connectivity index (χ0v) is 16.2. The van der Waals surface area contributed by atoms with Gasteiger partial charge in [-0.05, 0) is 47.0 Å². The van der Waals surface area contributed by atoms with Crippen molar-refractivity contribution in [3.05, 3.63) is 54.7 Å². The van der Waals surface area contributed by atoms with E-state index in [1.807, 2.05) is 24.5 Å². The van der Waals surface area contributed by atoms with Crippen molar-refractivity contribution in [2.24, 2.45) is 0 Å². The number of rotatable bonds is 7. The van der Waals surface area contributed by atoms with Crippen LogP contribution in [0.5, 0.6) is 0 Å². The molecule has 3 aromatic heterocycles. The standard InChI is InChI=1S/C18H16N8O2S/c1-29-18-22-24-25-26(18)14-4-2-3-13(11-14)20-15(27)5-6-16-21-17(23-28-16)12-7-9-19-10-8-12/h2-4,7-11H,5-6H2,1H3,(H,20,27).